The van der Waals surface area contributed by atoms with Crippen LogP contribution in [0.2, 0.25) is 0 Å². The van der Waals surface area contributed by atoms with Crippen LogP contribution in [0.25, 0.3) is 0 Å². The van der Waals surface area contributed by atoms with Crippen LogP contribution in [0.3, 0.4) is 0 Å². The number of carbonyl (C=O) groups is 2. The molecule has 0 radical (unpaired) electrons. The Kier molecular flexibility index (Phi) is 6.06. The van der Waals surface area contributed by atoms with Gasteiger partial charge in [0, 0.05) is 20.2 Å². The molecule has 0 aliphatic carbocycles. The summed E-state index contributed by atoms with van der Waals surface area (Å²) in [5.74, 6) is -0.121. The van der Waals surface area contributed by atoms with Crippen LogP contribution in [-0.4, -0.2) is 55.3 Å². The molecule has 1 unspecified atom stereocenters. The zero-order valence-corrected chi connectivity index (χ0v) is 15.4. The first kappa shape index (κ1) is 19.2. The number of carboxylic acid groups (broad SMARTS) is 1. The van der Waals surface area contributed by atoms with E-state index in [1.54, 1.807) is 4.90 Å². The molecule has 138 valence electrons. The summed E-state index contributed by atoms with van der Waals surface area (Å²) in [6.07, 6.45) is 0.392. The van der Waals surface area contributed by atoms with E-state index in [0.717, 1.165) is 11.1 Å². The first-order chi connectivity index (χ1) is 11.8. The van der Waals surface area contributed by atoms with Gasteiger partial charge in [0.2, 0.25) is 0 Å². The highest BCUT2D eigenvalue weighted by atomic mass is 16.5. The topological polar surface area (TPSA) is 76.1 Å². The molecule has 0 saturated carbocycles. The van der Waals surface area contributed by atoms with Crippen molar-refractivity contribution in [3.63, 3.8) is 0 Å². The normalized spacial score (nSPS) is 20.1. The number of nitrogens with zero attached hydrogens (tertiary/aromatic N) is 1. The van der Waals surface area contributed by atoms with Crippen LogP contribution >= 0.6 is 0 Å². The number of hydrogen-bond acceptors (Lipinski definition) is 4. The van der Waals surface area contributed by atoms with Gasteiger partial charge in [-0.05, 0) is 36.5 Å². The van der Waals surface area contributed by atoms with Gasteiger partial charge < -0.3 is 19.5 Å². The van der Waals surface area contributed by atoms with E-state index in [1.807, 2.05) is 25.1 Å². The number of rotatable bonds is 7. The molecule has 1 aromatic carbocycles. The monoisotopic (exact) mass is 349 g/mol. The molecule has 1 saturated heterocycles. The van der Waals surface area contributed by atoms with E-state index in [0.29, 0.717) is 24.6 Å². The van der Waals surface area contributed by atoms with Gasteiger partial charge in [0.25, 0.3) is 5.91 Å². The number of methoxy groups -OCH3 is 1. The summed E-state index contributed by atoms with van der Waals surface area (Å²) in [6.45, 7) is 6.70. The van der Waals surface area contributed by atoms with Gasteiger partial charge in [-0.1, -0.05) is 26.0 Å². The maximum atomic E-state index is 12.5. The number of aliphatic carboxylic acids is 1. The van der Waals surface area contributed by atoms with E-state index in [2.05, 4.69) is 13.8 Å². The van der Waals surface area contributed by atoms with Gasteiger partial charge in [-0.15, -0.1) is 0 Å². The molecule has 2 rings (SSSR count). The Labute approximate surface area is 148 Å². The van der Waals surface area contributed by atoms with Crippen molar-refractivity contribution in [3.8, 4) is 5.75 Å². The second-order valence-electron chi connectivity index (χ2n) is 7.07. The van der Waals surface area contributed by atoms with Gasteiger partial charge in [-0.3, -0.25) is 9.59 Å². The summed E-state index contributed by atoms with van der Waals surface area (Å²) in [6, 6.07) is 5.97. The van der Waals surface area contributed by atoms with Crippen LogP contribution in [0.15, 0.2) is 18.2 Å². The van der Waals surface area contributed by atoms with E-state index >= 15 is 0 Å². The van der Waals surface area contributed by atoms with Gasteiger partial charge in [-0.2, -0.15) is 0 Å². The van der Waals surface area contributed by atoms with Crippen LogP contribution in [0, 0.1) is 12.3 Å². The number of carbonyl (C=O) groups excluding carboxylic acids is 1. The largest absolute Gasteiger partial charge is 0.483 e. The van der Waals surface area contributed by atoms with Gasteiger partial charge >= 0.3 is 5.97 Å². The lowest BCUT2D eigenvalue weighted by atomic mass is 9.88. The highest BCUT2D eigenvalue weighted by Crippen LogP contribution is 2.32. The third-order valence-corrected chi connectivity index (χ3v) is 4.72. The zero-order valence-electron chi connectivity index (χ0n) is 15.4. The molecule has 1 heterocycles. The molecule has 1 amide bonds. The van der Waals surface area contributed by atoms with Gasteiger partial charge in [0.05, 0.1) is 6.61 Å². The summed E-state index contributed by atoms with van der Waals surface area (Å²) in [4.78, 5) is 25.6. The van der Waals surface area contributed by atoms with E-state index in [4.69, 9.17) is 9.47 Å². The Balaban J connectivity index is 2.02. The molecule has 6 heteroatoms. The predicted molar refractivity (Wildman–Crippen MR) is 93.9 cm³/mol. The zero-order chi connectivity index (χ0) is 18.6. The first-order valence-electron chi connectivity index (χ1n) is 8.52. The molecule has 0 bridgehead atoms. The van der Waals surface area contributed by atoms with Crippen molar-refractivity contribution in [2.24, 2.45) is 5.41 Å². The second kappa shape index (κ2) is 7.87. The number of benzene rings is 1. The summed E-state index contributed by atoms with van der Waals surface area (Å²) in [5, 5.41) is 9.48. The minimum absolute atomic E-state index is 0.0914. The standard InChI is InChI=1S/C19H27NO5/c1-13(2)15-6-5-14(3)9-16(15)25-10-17(21)20-8-7-19(11-20,12-24-4)18(22)23/h5-6,9,13H,7-8,10-12H2,1-4H3,(H,22,23). The number of ether oxygens (including phenoxy) is 2. The fourth-order valence-electron chi connectivity index (χ4n) is 3.19. The van der Waals surface area contributed by atoms with E-state index in [9.17, 15) is 14.7 Å². The lowest BCUT2D eigenvalue weighted by Crippen LogP contribution is -2.41. The minimum Gasteiger partial charge on any atom is -0.483 e. The SMILES string of the molecule is COCC1(C(=O)O)CCN(C(=O)COc2cc(C)ccc2C(C)C)C1. The molecule has 1 aromatic rings. The van der Waals surface area contributed by atoms with Crippen molar-refractivity contribution in [2.75, 3.05) is 33.4 Å². The Hall–Kier alpha value is -2.08. The Morgan fingerprint density at radius 1 is 1.36 bits per heavy atom. The molecule has 0 spiro atoms. The minimum atomic E-state index is -1.02. The fraction of sp³-hybridized carbons (Fsp3) is 0.579. The fourth-order valence-corrected chi connectivity index (χ4v) is 3.19. The van der Waals surface area contributed by atoms with Gasteiger partial charge in [0.15, 0.2) is 6.61 Å². The van der Waals surface area contributed by atoms with Crippen LogP contribution < -0.4 is 4.74 Å². The van der Waals surface area contributed by atoms with Gasteiger partial charge in [0.1, 0.15) is 11.2 Å². The molecule has 1 fully saturated rings. The van der Waals surface area contributed by atoms with Gasteiger partial charge in [-0.25, -0.2) is 0 Å². The molecule has 6 nitrogen and oxygen atoms in total. The van der Waals surface area contributed by atoms with Crippen LogP contribution in [0.4, 0.5) is 0 Å². The van der Waals surface area contributed by atoms with Crippen LogP contribution in [0.1, 0.15) is 37.3 Å². The highest BCUT2D eigenvalue weighted by Gasteiger charge is 2.46. The molecular formula is C19H27NO5. The maximum absolute atomic E-state index is 12.5. The maximum Gasteiger partial charge on any atom is 0.313 e. The van der Waals surface area contributed by atoms with Crippen LogP contribution in [-0.2, 0) is 14.3 Å². The molecule has 1 atom stereocenters. The third-order valence-electron chi connectivity index (χ3n) is 4.72. The van der Waals surface area contributed by atoms with E-state index in [-0.39, 0.29) is 25.7 Å². The summed E-state index contributed by atoms with van der Waals surface area (Å²) in [7, 11) is 1.48. The molecular weight excluding hydrogens is 322 g/mol. The molecule has 1 aliphatic heterocycles. The smallest absolute Gasteiger partial charge is 0.313 e. The lowest BCUT2D eigenvalue weighted by Gasteiger charge is -2.24. The molecule has 0 aromatic heterocycles. The van der Waals surface area contributed by atoms with Crippen LogP contribution in [0.5, 0.6) is 5.75 Å². The second-order valence-corrected chi connectivity index (χ2v) is 7.07. The van der Waals surface area contributed by atoms with Crippen molar-refractivity contribution in [2.45, 2.75) is 33.1 Å². The third kappa shape index (κ3) is 4.31. The average Bonchev–Trinajstić information content (AvgIpc) is 2.98. The van der Waals surface area contributed by atoms with Crippen molar-refractivity contribution in [3.05, 3.63) is 29.3 Å². The van der Waals surface area contributed by atoms with E-state index < -0.39 is 11.4 Å². The average molecular weight is 349 g/mol. The predicted octanol–water partition coefficient (Wildman–Crippen LogP) is 2.45. The molecule has 1 aliphatic rings. The summed E-state index contributed by atoms with van der Waals surface area (Å²) < 4.78 is 10.8. The Morgan fingerprint density at radius 3 is 2.68 bits per heavy atom. The molecule has 25 heavy (non-hydrogen) atoms. The summed E-state index contributed by atoms with van der Waals surface area (Å²) >= 11 is 0. The van der Waals surface area contributed by atoms with Crippen molar-refractivity contribution in [1.29, 1.82) is 0 Å². The number of likely N-dealkylation sites (tertiary alicyclic amines) is 1. The quantitative estimate of drug-likeness (QED) is 0.818. The summed E-state index contributed by atoms with van der Waals surface area (Å²) in [5.41, 5.74) is 1.11. The van der Waals surface area contributed by atoms with Crippen molar-refractivity contribution in [1.82, 2.24) is 4.90 Å². The number of aryl methyl sites for hydroxylation is 1. The number of carboxylic acids is 1. The molecule has 1 N–H and O–H groups in total. The lowest BCUT2D eigenvalue weighted by molar-refractivity contribution is -0.151. The number of hydrogen-bond donors (Lipinski definition) is 1. The highest BCUT2D eigenvalue weighted by molar-refractivity contribution is 5.81. The Morgan fingerprint density at radius 2 is 2.08 bits per heavy atom. The Bertz CT molecular complexity index is 643. The van der Waals surface area contributed by atoms with E-state index in [1.165, 1.54) is 7.11 Å². The van der Waals surface area contributed by atoms with Crippen molar-refractivity contribution >= 4 is 11.9 Å². The first-order valence-corrected chi connectivity index (χ1v) is 8.52. The number of amides is 1. The van der Waals surface area contributed by atoms with Crippen molar-refractivity contribution < 1.29 is 24.2 Å².